The number of benzene rings is 1. The summed E-state index contributed by atoms with van der Waals surface area (Å²) in [7, 11) is 0.761. The Balaban J connectivity index is 0.00000312. The van der Waals surface area contributed by atoms with Gasteiger partial charge in [-0.1, -0.05) is 38.1 Å². The highest BCUT2D eigenvalue weighted by atomic mass is 127. The minimum absolute atomic E-state index is 0. The van der Waals surface area contributed by atoms with Gasteiger partial charge in [-0.15, -0.1) is 35.3 Å². The third kappa shape index (κ3) is 7.07. The first-order valence-corrected chi connectivity index (χ1v) is 10.1. The second-order valence-electron chi connectivity index (χ2n) is 6.08. The maximum Gasteiger partial charge on any atom is 0.191 e. The molecule has 7 heteroatoms. The van der Waals surface area contributed by atoms with Crippen molar-refractivity contribution in [1.82, 2.24) is 10.6 Å². The molecule has 0 amide bonds. The molecule has 1 aromatic heterocycles. The number of hydrogen-bond donors (Lipinski definition) is 2. The molecule has 0 fully saturated rings. The zero-order chi connectivity index (χ0) is 17.4. The first-order chi connectivity index (χ1) is 11.5. The number of guanidine groups is 1. The number of rotatable bonds is 7. The van der Waals surface area contributed by atoms with Crippen LogP contribution in [-0.2, 0) is 16.2 Å². The van der Waals surface area contributed by atoms with Gasteiger partial charge >= 0.3 is 0 Å². The second kappa shape index (κ2) is 10.9. The Hall–Kier alpha value is -0.930. The smallest absolute Gasteiger partial charge is 0.191 e. The van der Waals surface area contributed by atoms with E-state index in [4.69, 9.17) is 0 Å². The summed E-state index contributed by atoms with van der Waals surface area (Å²) in [6.07, 6.45) is 0. The zero-order valence-electron chi connectivity index (χ0n) is 14.8. The van der Waals surface area contributed by atoms with Crippen molar-refractivity contribution in [2.75, 3.05) is 25.9 Å². The van der Waals surface area contributed by atoms with E-state index in [2.05, 4.69) is 47.0 Å². The molecule has 1 atom stereocenters. The van der Waals surface area contributed by atoms with Crippen molar-refractivity contribution in [2.45, 2.75) is 24.2 Å². The summed E-state index contributed by atoms with van der Waals surface area (Å²) >= 11 is 1.77. The molecule has 0 aliphatic heterocycles. The van der Waals surface area contributed by atoms with Gasteiger partial charge in [-0.2, -0.15) is 0 Å². The van der Waals surface area contributed by atoms with E-state index >= 15 is 0 Å². The number of nitrogens with one attached hydrogen (secondary N) is 2. The third-order valence-electron chi connectivity index (χ3n) is 3.70. The van der Waals surface area contributed by atoms with Crippen LogP contribution < -0.4 is 10.6 Å². The second-order valence-corrected chi connectivity index (χ2v) is 8.59. The molecule has 0 bridgehead atoms. The highest BCUT2D eigenvalue weighted by Gasteiger charge is 2.21. The molecule has 1 heterocycles. The van der Waals surface area contributed by atoms with Crippen LogP contribution in [0.25, 0.3) is 0 Å². The molecular formula is C18H26IN3OS2. The Bertz CT molecular complexity index is 673. The zero-order valence-corrected chi connectivity index (χ0v) is 18.8. The van der Waals surface area contributed by atoms with Crippen LogP contribution in [0.3, 0.4) is 0 Å². The lowest BCUT2D eigenvalue weighted by atomic mass is 9.91. The largest absolute Gasteiger partial charge is 0.356 e. The van der Waals surface area contributed by atoms with Crippen molar-refractivity contribution < 1.29 is 4.21 Å². The molecule has 2 N–H and O–H groups in total. The normalized spacial score (nSPS) is 13.0. The predicted octanol–water partition coefficient (Wildman–Crippen LogP) is 3.62. The molecular weight excluding hydrogens is 465 g/mol. The average molecular weight is 491 g/mol. The summed E-state index contributed by atoms with van der Waals surface area (Å²) in [4.78, 5) is 6.45. The summed E-state index contributed by atoms with van der Waals surface area (Å²) in [5.74, 6) is 1.30. The van der Waals surface area contributed by atoms with Gasteiger partial charge in [0.05, 0.1) is 10.8 Å². The Kier molecular flexibility index (Phi) is 9.66. The number of hydrogen-bond acceptors (Lipinski definition) is 3. The van der Waals surface area contributed by atoms with Crippen LogP contribution in [0.1, 0.15) is 18.7 Å². The first kappa shape index (κ1) is 22.1. The monoisotopic (exact) mass is 491 g/mol. The SMILES string of the molecule is CN=C(NCCS(=O)c1ccccc1)NCC(C)(C)c1cccs1.I. The van der Waals surface area contributed by atoms with Gasteiger partial charge in [-0.25, -0.2) is 0 Å². The third-order valence-corrected chi connectivity index (χ3v) is 6.30. The molecule has 0 aliphatic carbocycles. The quantitative estimate of drug-likeness (QED) is 0.354. The van der Waals surface area contributed by atoms with E-state index in [1.165, 1.54) is 4.88 Å². The Morgan fingerprint density at radius 2 is 1.88 bits per heavy atom. The van der Waals surface area contributed by atoms with E-state index in [-0.39, 0.29) is 29.4 Å². The Morgan fingerprint density at radius 1 is 1.16 bits per heavy atom. The Morgan fingerprint density at radius 3 is 2.48 bits per heavy atom. The molecule has 4 nitrogen and oxygen atoms in total. The maximum absolute atomic E-state index is 12.2. The molecule has 0 radical (unpaired) electrons. The highest BCUT2D eigenvalue weighted by molar-refractivity contribution is 14.0. The summed E-state index contributed by atoms with van der Waals surface area (Å²) in [6, 6.07) is 13.8. The number of halogens is 1. The van der Waals surface area contributed by atoms with E-state index in [9.17, 15) is 4.21 Å². The van der Waals surface area contributed by atoms with Crippen LogP contribution in [0.4, 0.5) is 0 Å². The van der Waals surface area contributed by atoms with Crippen LogP contribution in [0, 0.1) is 0 Å². The van der Waals surface area contributed by atoms with E-state index in [0.717, 1.165) is 17.4 Å². The molecule has 0 aliphatic rings. The summed E-state index contributed by atoms with van der Waals surface area (Å²) in [6.45, 7) is 5.82. The minimum atomic E-state index is -0.991. The van der Waals surface area contributed by atoms with E-state index in [1.807, 2.05) is 30.3 Å². The van der Waals surface area contributed by atoms with E-state index in [0.29, 0.717) is 12.3 Å². The van der Waals surface area contributed by atoms with Gasteiger partial charge in [0.25, 0.3) is 0 Å². The topological polar surface area (TPSA) is 53.5 Å². The predicted molar refractivity (Wildman–Crippen MR) is 120 cm³/mol. The molecule has 1 aromatic carbocycles. The van der Waals surface area contributed by atoms with Crippen molar-refractivity contribution >= 4 is 52.1 Å². The van der Waals surface area contributed by atoms with Gasteiger partial charge in [0.2, 0.25) is 0 Å². The van der Waals surface area contributed by atoms with Crippen molar-refractivity contribution in [1.29, 1.82) is 0 Å². The molecule has 0 saturated heterocycles. The maximum atomic E-state index is 12.2. The standard InChI is InChI=1S/C18H25N3OS2.HI/c1-18(2,16-10-7-12-23-16)14-21-17(19-3)20-11-13-24(22)15-8-5-4-6-9-15;/h4-10,12H,11,13-14H2,1-3H3,(H2,19,20,21);1H. The van der Waals surface area contributed by atoms with Crippen LogP contribution in [0.15, 0.2) is 57.7 Å². The lowest BCUT2D eigenvalue weighted by Gasteiger charge is -2.25. The lowest BCUT2D eigenvalue weighted by Crippen LogP contribution is -2.44. The fourth-order valence-electron chi connectivity index (χ4n) is 2.23. The number of aliphatic imine (C=N–C) groups is 1. The van der Waals surface area contributed by atoms with E-state index in [1.54, 1.807) is 18.4 Å². The van der Waals surface area contributed by atoms with Crippen LogP contribution >= 0.6 is 35.3 Å². The fourth-order valence-corrected chi connectivity index (χ4v) is 4.06. The summed E-state index contributed by atoms with van der Waals surface area (Å²) in [5, 5.41) is 8.70. The molecule has 25 heavy (non-hydrogen) atoms. The average Bonchev–Trinajstić information content (AvgIpc) is 3.14. The van der Waals surface area contributed by atoms with Gasteiger partial charge in [0.15, 0.2) is 5.96 Å². The first-order valence-electron chi connectivity index (χ1n) is 7.95. The highest BCUT2D eigenvalue weighted by Crippen LogP contribution is 2.26. The van der Waals surface area contributed by atoms with Crippen LogP contribution in [0.2, 0.25) is 0 Å². The summed E-state index contributed by atoms with van der Waals surface area (Å²) in [5.41, 5.74) is 0.0403. The van der Waals surface area contributed by atoms with Gasteiger partial charge < -0.3 is 10.6 Å². The molecule has 2 rings (SSSR count). The molecule has 1 unspecified atom stereocenters. The minimum Gasteiger partial charge on any atom is -0.356 e. The molecule has 0 spiro atoms. The van der Waals surface area contributed by atoms with Gasteiger partial charge in [0, 0.05) is 41.1 Å². The van der Waals surface area contributed by atoms with Gasteiger partial charge in [-0.3, -0.25) is 9.20 Å². The van der Waals surface area contributed by atoms with Crippen molar-refractivity contribution in [3.8, 4) is 0 Å². The van der Waals surface area contributed by atoms with Gasteiger partial charge in [-0.05, 0) is 23.6 Å². The molecule has 138 valence electrons. The van der Waals surface area contributed by atoms with Crippen molar-refractivity contribution in [3.63, 3.8) is 0 Å². The molecule has 2 aromatic rings. The van der Waals surface area contributed by atoms with E-state index < -0.39 is 10.8 Å². The molecule has 0 saturated carbocycles. The summed E-state index contributed by atoms with van der Waals surface area (Å²) < 4.78 is 12.2. The van der Waals surface area contributed by atoms with Gasteiger partial charge in [0.1, 0.15) is 0 Å². The Labute approximate surface area is 174 Å². The number of thiophene rings is 1. The van der Waals surface area contributed by atoms with Crippen LogP contribution in [-0.4, -0.2) is 36.1 Å². The van der Waals surface area contributed by atoms with Crippen molar-refractivity contribution in [2.24, 2.45) is 4.99 Å². The van der Waals surface area contributed by atoms with Crippen molar-refractivity contribution in [3.05, 3.63) is 52.7 Å². The lowest BCUT2D eigenvalue weighted by molar-refractivity contribution is 0.519. The number of nitrogens with zero attached hydrogens (tertiary/aromatic N) is 1. The fraction of sp³-hybridized carbons (Fsp3) is 0.389. The van der Waals surface area contributed by atoms with Crippen LogP contribution in [0.5, 0.6) is 0 Å².